The summed E-state index contributed by atoms with van der Waals surface area (Å²) in [5.41, 5.74) is 8.05. The Morgan fingerprint density at radius 3 is 2.38 bits per heavy atom. The van der Waals surface area contributed by atoms with Gasteiger partial charge < -0.3 is 5.73 Å². The zero-order chi connectivity index (χ0) is 15.5. The molecule has 1 heterocycles. The molecule has 0 radical (unpaired) electrons. The van der Waals surface area contributed by atoms with Crippen LogP contribution in [-0.2, 0) is 22.1 Å². The predicted octanol–water partition coefficient (Wildman–Crippen LogP) is 2.64. The number of benzene rings is 1. The molecule has 1 aromatic carbocycles. The van der Waals surface area contributed by atoms with Crippen molar-refractivity contribution in [2.75, 3.05) is 0 Å². The molecule has 2 aromatic rings. The first kappa shape index (κ1) is 15.7. The molecule has 0 saturated heterocycles. The summed E-state index contributed by atoms with van der Waals surface area (Å²) in [5, 5.41) is 0. The van der Waals surface area contributed by atoms with E-state index in [0.29, 0.717) is 28.6 Å². The van der Waals surface area contributed by atoms with Crippen LogP contribution in [0.25, 0.3) is 0 Å². The Morgan fingerprint density at radius 2 is 1.81 bits per heavy atom. The minimum absolute atomic E-state index is 0.0381. The summed E-state index contributed by atoms with van der Waals surface area (Å²) in [4.78, 5) is 4.42. The van der Waals surface area contributed by atoms with Crippen molar-refractivity contribution in [2.45, 2.75) is 37.0 Å². The zero-order valence-electron chi connectivity index (χ0n) is 12.3. The van der Waals surface area contributed by atoms with E-state index in [1.54, 1.807) is 30.5 Å². The normalized spacial score (nSPS) is 11.8. The second kappa shape index (κ2) is 6.37. The van der Waals surface area contributed by atoms with Crippen molar-refractivity contribution >= 4 is 9.84 Å². The molecule has 112 valence electrons. The Labute approximate surface area is 125 Å². The van der Waals surface area contributed by atoms with Gasteiger partial charge >= 0.3 is 0 Å². The molecule has 2 rings (SSSR count). The molecule has 0 fully saturated rings. The van der Waals surface area contributed by atoms with Crippen molar-refractivity contribution in [1.29, 1.82) is 0 Å². The summed E-state index contributed by atoms with van der Waals surface area (Å²) in [5.74, 6) is 0.345. The number of rotatable bonds is 5. The van der Waals surface area contributed by atoms with Gasteiger partial charge in [-0.15, -0.1) is 0 Å². The molecule has 2 N–H and O–H groups in total. The zero-order valence-corrected chi connectivity index (χ0v) is 13.1. The molecular formula is C16H20N2O2S. The van der Waals surface area contributed by atoms with E-state index in [-0.39, 0.29) is 5.75 Å². The van der Waals surface area contributed by atoms with E-state index in [1.165, 1.54) is 0 Å². The lowest BCUT2D eigenvalue weighted by molar-refractivity contribution is 0.595. The van der Waals surface area contributed by atoms with Crippen LogP contribution < -0.4 is 5.73 Å². The van der Waals surface area contributed by atoms with E-state index in [9.17, 15) is 8.42 Å². The van der Waals surface area contributed by atoms with Gasteiger partial charge in [0, 0.05) is 12.7 Å². The van der Waals surface area contributed by atoms with Crippen LogP contribution in [0.3, 0.4) is 0 Å². The Bertz CT molecular complexity index is 707. The van der Waals surface area contributed by atoms with Gasteiger partial charge in [0.25, 0.3) is 0 Å². The van der Waals surface area contributed by atoms with Gasteiger partial charge in [0.1, 0.15) is 0 Å². The lowest BCUT2D eigenvalue weighted by Crippen LogP contribution is -2.07. The van der Waals surface area contributed by atoms with Crippen molar-refractivity contribution in [3.05, 3.63) is 59.4 Å². The van der Waals surface area contributed by atoms with E-state index in [0.717, 1.165) is 5.56 Å². The summed E-state index contributed by atoms with van der Waals surface area (Å²) < 4.78 is 24.9. The SMILES string of the molecule is CC(C)c1ccc(S(=O)(=O)Cc2ccnc(CN)c2)cc1. The molecule has 5 heteroatoms. The summed E-state index contributed by atoms with van der Waals surface area (Å²) in [6.45, 7) is 4.46. The van der Waals surface area contributed by atoms with E-state index in [4.69, 9.17) is 5.73 Å². The Hall–Kier alpha value is -1.72. The summed E-state index contributed by atoms with van der Waals surface area (Å²) in [6, 6.07) is 10.5. The first-order chi connectivity index (χ1) is 9.92. The Morgan fingerprint density at radius 1 is 1.14 bits per heavy atom. The van der Waals surface area contributed by atoms with Gasteiger partial charge in [0.15, 0.2) is 9.84 Å². The molecule has 0 bridgehead atoms. The number of pyridine rings is 1. The van der Waals surface area contributed by atoms with Crippen LogP contribution in [0.15, 0.2) is 47.5 Å². The highest BCUT2D eigenvalue weighted by Crippen LogP contribution is 2.20. The van der Waals surface area contributed by atoms with E-state index in [1.807, 2.05) is 12.1 Å². The molecule has 21 heavy (non-hydrogen) atoms. The fourth-order valence-electron chi connectivity index (χ4n) is 2.09. The fraction of sp³-hybridized carbons (Fsp3) is 0.312. The van der Waals surface area contributed by atoms with E-state index in [2.05, 4.69) is 18.8 Å². The molecular weight excluding hydrogens is 284 g/mol. The monoisotopic (exact) mass is 304 g/mol. The van der Waals surface area contributed by atoms with Gasteiger partial charge in [0.05, 0.1) is 16.3 Å². The predicted molar refractivity (Wildman–Crippen MR) is 83.5 cm³/mol. The Kier molecular flexibility index (Phi) is 4.75. The minimum Gasteiger partial charge on any atom is -0.325 e. The molecule has 4 nitrogen and oxygen atoms in total. The number of hydrogen-bond donors (Lipinski definition) is 1. The van der Waals surface area contributed by atoms with Crippen LogP contribution in [-0.4, -0.2) is 13.4 Å². The smallest absolute Gasteiger partial charge is 0.182 e. The lowest BCUT2D eigenvalue weighted by atomic mass is 10.0. The molecule has 0 aliphatic rings. The van der Waals surface area contributed by atoms with Crippen LogP contribution >= 0.6 is 0 Å². The number of aromatic nitrogens is 1. The van der Waals surface area contributed by atoms with Crippen LogP contribution in [0, 0.1) is 0 Å². The average Bonchev–Trinajstić information content (AvgIpc) is 2.47. The van der Waals surface area contributed by atoms with Crippen molar-refractivity contribution in [3.8, 4) is 0 Å². The van der Waals surface area contributed by atoms with E-state index >= 15 is 0 Å². The summed E-state index contributed by atoms with van der Waals surface area (Å²) >= 11 is 0. The highest BCUT2D eigenvalue weighted by atomic mass is 32.2. The van der Waals surface area contributed by atoms with Gasteiger partial charge in [-0.1, -0.05) is 26.0 Å². The number of nitrogens with zero attached hydrogens (tertiary/aromatic N) is 1. The third kappa shape index (κ3) is 3.89. The first-order valence-electron chi connectivity index (χ1n) is 6.89. The van der Waals surface area contributed by atoms with E-state index < -0.39 is 9.84 Å². The molecule has 0 aliphatic carbocycles. The number of nitrogens with two attached hydrogens (primary N) is 1. The van der Waals surface area contributed by atoms with Gasteiger partial charge in [-0.3, -0.25) is 4.98 Å². The number of sulfone groups is 1. The highest BCUT2D eigenvalue weighted by molar-refractivity contribution is 7.90. The quantitative estimate of drug-likeness (QED) is 0.921. The van der Waals surface area contributed by atoms with Crippen molar-refractivity contribution in [2.24, 2.45) is 5.73 Å². The number of hydrogen-bond acceptors (Lipinski definition) is 4. The first-order valence-corrected chi connectivity index (χ1v) is 8.54. The van der Waals surface area contributed by atoms with Crippen LogP contribution in [0.5, 0.6) is 0 Å². The van der Waals surface area contributed by atoms with Crippen LogP contribution in [0.1, 0.15) is 36.6 Å². The van der Waals surface area contributed by atoms with Crippen molar-refractivity contribution in [1.82, 2.24) is 4.98 Å². The van der Waals surface area contributed by atoms with Crippen molar-refractivity contribution in [3.63, 3.8) is 0 Å². The highest BCUT2D eigenvalue weighted by Gasteiger charge is 2.16. The van der Waals surface area contributed by atoms with Gasteiger partial charge in [-0.05, 0) is 41.3 Å². The third-order valence-electron chi connectivity index (χ3n) is 3.35. The Balaban J connectivity index is 2.25. The largest absolute Gasteiger partial charge is 0.325 e. The second-order valence-corrected chi connectivity index (χ2v) is 7.33. The minimum atomic E-state index is -3.35. The molecule has 0 atom stereocenters. The van der Waals surface area contributed by atoms with Gasteiger partial charge in [0.2, 0.25) is 0 Å². The standard InChI is InChI=1S/C16H20N2O2S/c1-12(2)14-3-5-16(6-4-14)21(19,20)11-13-7-8-18-15(9-13)10-17/h3-9,12H,10-11,17H2,1-2H3. The summed E-state index contributed by atoms with van der Waals surface area (Å²) in [6.07, 6.45) is 1.59. The molecule has 1 aromatic heterocycles. The topological polar surface area (TPSA) is 73.0 Å². The maximum Gasteiger partial charge on any atom is 0.182 e. The average molecular weight is 304 g/mol. The lowest BCUT2D eigenvalue weighted by Gasteiger charge is -2.08. The van der Waals surface area contributed by atoms with Crippen LogP contribution in [0.4, 0.5) is 0 Å². The van der Waals surface area contributed by atoms with Gasteiger partial charge in [-0.25, -0.2) is 8.42 Å². The molecule has 0 amide bonds. The van der Waals surface area contributed by atoms with Crippen molar-refractivity contribution < 1.29 is 8.42 Å². The van der Waals surface area contributed by atoms with Gasteiger partial charge in [-0.2, -0.15) is 0 Å². The second-order valence-electron chi connectivity index (χ2n) is 5.34. The molecule has 0 saturated carbocycles. The molecule has 0 aliphatic heterocycles. The van der Waals surface area contributed by atoms with Crippen LogP contribution in [0.2, 0.25) is 0 Å². The maximum absolute atomic E-state index is 12.4. The third-order valence-corrected chi connectivity index (χ3v) is 5.06. The summed E-state index contributed by atoms with van der Waals surface area (Å²) in [7, 11) is -3.35. The molecule has 0 spiro atoms. The fourth-order valence-corrected chi connectivity index (χ4v) is 3.43. The molecule has 0 unspecified atom stereocenters. The maximum atomic E-state index is 12.4.